The maximum absolute atomic E-state index is 14.0. The van der Waals surface area contributed by atoms with E-state index in [1.54, 1.807) is 6.07 Å². The highest BCUT2D eigenvalue weighted by Crippen LogP contribution is 2.49. The molecule has 0 saturated heterocycles. The highest BCUT2D eigenvalue weighted by molar-refractivity contribution is 9.14. The van der Waals surface area contributed by atoms with E-state index in [9.17, 15) is 4.39 Å². The second kappa shape index (κ2) is 8.03. The molecule has 0 radical (unpaired) electrons. The summed E-state index contributed by atoms with van der Waals surface area (Å²) in [6.07, 6.45) is 0. The Labute approximate surface area is 174 Å². The lowest BCUT2D eigenvalue weighted by atomic mass is 10.3. The summed E-state index contributed by atoms with van der Waals surface area (Å²) in [7, 11) is 2.99. The molecule has 9 heteroatoms. The number of hydrogen-bond acceptors (Lipinski definition) is 3. The Morgan fingerprint density at radius 3 is 1.74 bits per heavy atom. The first-order valence-corrected chi connectivity index (χ1v) is 9.89. The highest BCUT2D eigenvalue weighted by Gasteiger charge is 2.21. The van der Waals surface area contributed by atoms with Crippen LogP contribution in [0.5, 0.6) is 23.0 Å². The summed E-state index contributed by atoms with van der Waals surface area (Å²) in [6, 6.07) is 2.94. The molecule has 0 amide bonds. The van der Waals surface area contributed by atoms with Crippen LogP contribution in [-0.2, 0) is 0 Å². The van der Waals surface area contributed by atoms with Gasteiger partial charge in [-0.05, 0) is 79.6 Å². The second-order valence-electron chi connectivity index (χ2n) is 4.14. The first-order valence-electron chi connectivity index (χ1n) is 5.92. The maximum atomic E-state index is 14.0. The summed E-state index contributed by atoms with van der Waals surface area (Å²) in [5.74, 6) is 0.930. The van der Waals surface area contributed by atoms with Crippen LogP contribution in [0.15, 0.2) is 34.5 Å². The first kappa shape index (κ1) is 19.5. The molecule has 3 nitrogen and oxygen atoms in total. The molecule has 0 spiro atoms. The predicted molar refractivity (Wildman–Crippen MR) is 105 cm³/mol. The third-order valence-corrected chi connectivity index (χ3v) is 8.13. The van der Waals surface area contributed by atoms with Crippen LogP contribution < -0.4 is 14.2 Å². The van der Waals surface area contributed by atoms with Crippen LogP contribution in [0.1, 0.15) is 0 Å². The lowest BCUT2D eigenvalue weighted by Crippen LogP contribution is -1.97. The average Bonchev–Trinajstić information content (AvgIpc) is 2.51. The van der Waals surface area contributed by atoms with Gasteiger partial charge in [-0.2, -0.15) is 0 Å². The van der Waals surface area contributed by atoms with Crippen LogP contribution >= 0.6 is 79.6 Å². The number of benzene rings is 2. The summed E-state index contributed by atoms with van der Waals surface area (Å²) in [6.45, 7) is 0. The summed E-state index contributed by atoms with van der Waals surface area (Å²) < 4.78 is 33.4. The van der Waals surface area contributed by atoms with Crippen molar-refractivity contribution in [2.24, 2.45) is 0 Å². The van der Waals surface area contributed by atoms with E-state index in [4.69, 9.17) is 14.2 Å². The van der Waals surface area contributed by atoms with Crippen molar-refractivity contribution in [2.75, 3.05) is 14.2 Å². The van der Waals surface area contributed by atoms with Gasteiger partial charge in [0, 0.05) is 21.1 Å². The lowest BCUT2D eigenvalue weighted by Gasteiger charge is -2.17. The number of halogens is 6. The lowest BCUT2D eigenvalue weighted by molar-refractivity contribution is 0.351. The Hall–Kier alpha value is 0.170. The zero-order valence-corrected chi connectivity index (χ0v) is 19.6. The molecule has 2 aromatic carbocycles. The van der Waals surface area contributed by atoms with E-state index in [1.165, 1.54) is 20.3 Å². The molecule has 0 aliphatic carbocycles. The van der Waals surface area contributed by atoms with Gasteiger partial charge in [0.15, 0.2) is 23.0 Å². The molecule has 0 aliphatic rings. The van der Waals surface area contributed by atoms with Crippen molar-refractivity contribution in [2.45, 2.75) is 0 Å². The number of rotatable bonds is 4. The Bertz CT molecular complexity index is 704. The van der Waals surface area contributed by atoms with Crippen molar-refractivity contribution in [3.63, 3.8) is 0 Å². The molecule has 0 N–H and O–H groups in total. The standard InChI is InChI=1S/C14H8Br5FO3/c1-21-13-7(3-5(15)9(16)11(13)18)23-8-4-6(20)10(17)12(19)14(8)22-2/h3-4H,1-2H3. The molecule has 0 bridgehead atoms. The Kier molecular flexibility index (Phi) is 6.81. The van der Waals surface area contributed by atoms with Gasteiger partial charge in [-0.1, -0.05) is 0 Å². The van der Waals surface area contributed by atoms with E-state index < -0.39 is 5.82 Å². The molecular formula is C14H8Br5FO3. The van der Waals surface area contributed by atoms with Crippen LogP contribution in [0, 0.1) is 5.82 Å². The summed E-state index contributed by atoms with van der Waals surface area (Å²) >= 11 is 16.7. The van der Waals surface area contributed by atoms with Gasteiger partial charge in [0.2, 0.25) is 0 Å². The van der Waals surface area contributed by atoms with E-state index in [1.807, 2.05) is 0 Å². The molecule has 0 atom stereocenters. The van der Waals surface area contributed by atoms with E-state index in [-0.39, 0.29) is 10.2 Å². The van der Waals surface area contributed by atoms with Gasteiger partial charge in [0.1, 0.15) is 5.82 Å². The van der Waals surface area contributed by atoms with Crippen LogP contribution in [0.25, 0.3) is 0 Å². The molecule has 23 heavy (non-hydrogen) atoms. The molecule has 0 fully saturated rings. The van der Waals surface area contributed by atoms with Crippen LogP contribution in [0.4, 0.5) is 4.39 Å². The van der Waals surface area contributed by atoms with Crippen LogP contribution in [-0.4, -0.2) is 14.2 Å². The fourth-order valence-electron chi connectivity index (χ4n) is 1.76. The minimum Gasteiger partial charge on any atom is -0.492 e. The maximum Gasteiger partial charge on any atom is 0.176 e. The zero-order chi connectivity index (χ0) is 17.3. The quantitative estimate of drug-likeness (QED) is 0.325. The van der Waals surface area contributed by atoms with Gasteiger partial charge in [-0.25, -0.2) is 4.39 Å². The predicted octanol–water partition coefficient (Wildman–Crippen LogP) is 7.45. The second-order valence-corrected chi connectivity index (χ2v) is 8.16. The summed E-state index contributed by atoms with van der Waals surface area (Å²) in [5, 5.41) is 0. The molecule has 124 valence electrons. The largest absolute Gasteiger partial charge is 0.492 e. The number of methoxy groups -OCH3 is 2. The Morgan fingerprint density at radius 1 is 0.739 bits per heavy atom. The van der Waals surface area contributed by atoms with E-state index in [2.05, 4.69) is 79.6 Å². The van der Waals surface area contributed by atoms with E-state index >= 15 is 0 Å². The van der Waals surface area contributed by atoms with Gasteiger partial charge in [0.05, 0.1) is 27.6 Å². The van der Waals surface area contributed by atoms with Gasteiger partial charge < -0.3 is 14.2 Å². The molecule has 2 rings (SSSR count). The van der Waals surface area contributed by atoms with Gasteiger partial charge in [-0.3, -0.25) is 0 Å². The Morgan fingerprint density at radius 2 is 1.22 bits per heavy atom. The summed E-state index contributed by atoms with van der Waals surface area (Å²) in [4.78, 5) is 0. The van der Waals surface area contributed by atoms with Gasteiger partial charge in [0.25, 0.3) is 0 Å². The smallest absolute Gasteiger partial charge is 0.176 e. The van der Waals surface area contributed by atoms with Crippen LogP contribution in [0.3, 0.4) is 0 Å². The fourth-order valence-corrected chi connectivity index (χ4v) is 4.14. The van der Waals surface area contributed by atoms with Crippen molar-refractivity contribution < 1.29 is 18.6 Å². The highest BCUT2D eigenvalue weighted by atomic mass is 79.9. The SMILES string of the molecule is COc1c(Oc2cc(Br)c(Br)c(Br)c2OC)cc(F)c(Br)c1Br. The minimum atomic E-state index is -0.484. The van der Waals surface area contributed by atoms with Crippen molar-refractivity contribution in [1.82, 2.24) is 0 Å². The number of ether oxygens (including phenoxy) is 3. The molecular weight excluding hydrogens is 635 g/mol. The summed E-state index contributed by atoms with van der Waals surface area (Å²) in [5.41, 5.74) is 0. The van der Waals surface area contributed by atoms with Crippen LogP contribution in [0.2, 0.25) is 0 Å². The normalized spacial score (nSPS) is 10.6. The fraction of sp³-hybridized carbons (Fsp3) is 0.143. The topological polar surface area (TPSA) is 27.7 Å². The third kappa shape index (κ3) is 3.89. The van der Waals surface area contributed by atoms with Gasteiger partial charge >= 0.3 is 0 Å². The molecule has 2 aromatic rings. The Balaban J connectivity index is 2.60. The molecule has 0 saturated carbocycles. The van der Waals surface area contributed by atoms with Gasteiger partial charge in [-0.15, -0.1) is 0 Å². The zero-order valence-electron chi connectivity index (χ0n) is 11.6. The van der Waals surface area contributed by atoms with Crippen molar-refractivity contribution in [1.29, 1.82) is 0 Å². The molecule has 0 unspecified atom stereocenters. The third-order valence-electron chi connectivity index (χ3n) is 2.79. The molecule has 0 aliphatic heterocycles. The monoisotopic (exact) mass is 638 g/mol. The number of hydrogen-bond donors (Lipinski definition) is 0. The van der Waals surface area contributed by atoms with Crippen molar-refractivity contribution in [3.8, 4) is 23.0 Å². The van der Waals surface area contributed by atoms with Crippen molar-refractivity contribution in [3.05, 3.63) is 40.3 Å². The van der Waals surface area contributed by atoms with E-state index in [0.29, 0.717) is 26.2 Å². The minimum absolute atomic E-state index is 0.208. The molecule has 0 heterocycles. The molecule has 0 aromatic heterocycles. The average molecular weight is 643 g/mol. The first-order chi connectivity index (χ1) is 10.8. The van der Waals surface area contributed by atoms with E-state index in [0.717, 1.165) is 8.95 Å². The van der Waals surface area contributed by atoms with Crippen molar-refractivity contribution >= 4 is 79.6 Å².